The Kier molecular flexibility index (Phi) is 6.13. The monoisotopic (exact) mass is 271 g/mol. The third kappa shape index (κ3) is 4.30. The van der Waals surface area contributed by atoms with Crippen molar-refractivity contribution in [2.24, 2.45) is 5.92 Å². The first-order chi connectivity index (χ1) is 8.58. The molecule has 0 aromatic heterocycles. The van der Waals surface area contributed by atoms with Crippen molar-refractivity contribution in [1.82, 2.24) is 0 Å². The van der Waals surface area contributed by atoms with Gasteiger partial charge in [-0.3, -0.25) is 0 Å². The summed E-state index contributed by atoms with van der Waals surface area (Å²) in [6.45, 7) is 5.37. The molecule has 18 heavy (non-hydrogen) atoms. The summed E-state index contributed by atoms with van der Waals surface area (Å²) in [5.41, 5.74) is 0.919. The molecule has 0 heterocycles. The van der Waals surface area contributed by atoms with E-state index in [9.17, 15) is 0 Å². The van der Waals surface area contributed by atoms with Gasteiger partial charge in [0.1, 0.15) is 11.5 Å². The number of hydrogen-bond donors (Lipinski definition) is 1. The molecule has 0 unspecified atom stereocenters. The molecular formula is C14H22ClNO2. The smallest absolute Gasteiger partial charge is 0.143 e. The Bertz CT molecular complexity index is 380. The van der Waals surface area contributed by atoms with Crippen molar-refractivity contribution in [2.45, 2.75) is 26.7 Å². The number of rotatable bonds is 7. The largest absolute Gasteiger partial charge is 0.495 e. The standard InChI is InChI=1S/C14H22ClNO2/c1-10(2)6-5-7-16-12-9-13(17-3)11(15)8-14(12)18-4/h8-10,16H,5-7H2,1-4H3. The van der Waals surface area contributed by atoms with Gasteiger partial charge in [-0.1, -0.05) is 25.4 Å². The van der Waals surface area contributed by atoms with Crippen LogP contribution >= 0.6 is 11.6 Å². The molecule has 0 saturated heterocycles. The van der Waals surface area contributed by atoms with Crippen molar-refractivity contribution in [2.75, 3.05) is 26.1 Å². The van der Waals surface area contributed by atoms with Crippen molar-refractivity contribution < 1.29 is 9.47 Å². The second-order valence-corrected chi connectivity index (χ2v) is 5.06. The lowest BCUT2D eigenvalue weighted by molar-refractivity contribution is 0.404. The highest BCUT2D eigenvalue weighted by Gasteiger charge is 2.09. The zero-order valence-corrected chi connectivity index (χ0v) is 12.3. The minimum Gasteiger partial charge on any atom is -0.495 e. The van der Waals surface area contributed by atoms with E-state index in [-0.39, 0.29) is 0 Å². The zero-order valence-electron chi connectivity index (χ0n) is 11.5. The van der Waals surface area contributed by atoms with Crippen LogP contribution in [-0.4, -0.2) is 20.8 Å². The Labute approximate surface area is 114 Å². The van der Waals surface area contributed by atoms with Gasteiger partial charge in [-0.05, 0) is 18.8 Å². The van der Waals surface area contributed by atoms with Crippen LogP contribution in [0.1, 0.15) is 26.7 Å². The summed E-state index contributed by atoms with van der Waals surface area (Å²) in [4.78, 5) is 0. The summed E-state index contributed by atoms with van der Waals surface area (Å²) >= 11 is 6.05. The molecule has 102 valence electrons. The normalized spacial score (nSPS) is 10.6. The van der Waals surface area contributed by atoms with Crippen molar-refractivity contribution in [3.05, 3.63) is 17.2 Å². The maximum absolute atomic E-state index is 6.05. The first kappa shape index (κ1) is 15.0. The summed E-state index contributed by atoms with van der Waals surface area (Å²) in [6, 6.07) is 3.64. The highest BCUT2D eigenvalue weighted by atomic mass is 35.5. The minimum absolute atomic E-state index is 0.557. The fourth-order valence-corrected chi connectivity index (χ4v) is 1.96. The summed E-state index contributed by atoms with van der Waals surface area (Å²) in [6.07, 6.45) is 2.34. The van der Waals surface area contributed by atoms with Crippen LogP contribution < -0.4 is 14.8 Å². The van der Waals surface area contributed by atoms with Crippen molar-refractivity contribution >= 4 is 17.3 Å². The Morgan fingerprint density at radius 2 is 1.83 bits per heavy atom. The number of hydrogen-bond acceptors (Lipinski definition) is 3. The van der Waals surface area contributed by atoms with Crippen LogP contribution in [-0.2, 0) is 0 Å². The van der Waals surface area contributed by atoms with Gasteiger partial charge in [-0.2, -0.15) is 0 Å². The van der Waals surface area contributed by atoms with E-state index >= 15 is 0 Å². The molecule has 0 fully saturated rings. The van der Waals surface area contributed by atoms with E-state index in [1.165, 1.54) is 6.42 Å². The van der Waals surface area contributed by atoms with Crippen LogP contribution in [0.3, 0.4) is 0 Å². The third-order valence-corrected chi connectivity index (χ3v) is 3.04. The summed E-state index contributed by atoms with van der Waals surface area (Å²) in [5, 5.41) is 3.92. The Balaban J connectivity index is 2.68. The molecule has 3 nitrogen and oxygen atoms in total. The van der Waals surface area contributed by atoms with Crippen molar-refractivity contribution in [1.29, 1.82) is 0 Å². The summed E-state index contributed by atoms with van der Waals surface area (Å²) in [7, 11) is 3.24. The fraction of sp³-hybridized carbons (Fsp3) is 0.571. The topological polar surface area (TPSA) is 30.5 Å². The second kappa shape index (κ2) is 7.37. The van der Waals surface area contributed by atoms with Gasteiger partial charge < -0.3 is 14.8 Å². The van der Waals surface area contributed by atoms with Crippen LogP contribution in [0.15, 0.2) is 12.1 Å². The predicted octanol–water partition coefficient (Wildman–Crippen LogP) is 4.21. The van der Waals surface area contributed by atoms with Crippen molar-refractivity contribution in [3.8, 4) is 11.5 Å². The maximum atomic E-state index is 6.05. The molecule has 0 aliphatic heterocycles. The summed E-state index contributed by atoms with van der Waals surface area (Å²) < 4.78 is 10.5. The van der Waals surface area contributed by atoms with E-state index in [4.69, 9.17) is 21.1 Å². The number of halogens is 1. The van der Waals surface area contributed by atoms with Crippen LogP contribution in [0.5, 0.6) is 11.5 Å². The van der Waals surface area contributed by atoms with Gasteiger partial charge in [0.05, 0.1) is 24.9 Å². The molecule has 4 heteroatoms. The van der Waals surface area contributed by atoms with Gasteiger partial charge in [-0.15, -0.1) is 0 Å². The lowest BCUT2D eigenvalue weighted by atomic mass is 10.1. The number of benzene rings is 1. The fourth-order valence-electron chi connectivity index (χ4n) is 1.73. The second-order valence-electron chi connectivity index (χ2n) is 4.65. The van der Waals surface area contributed by atoms with E-state index in [1.807, 2.05) is 6.07 Å². The molecule has 0 aliphatic rings. The number of ether oxygens (including phenoxy) is 2. The molecule has 1 rings (SSSR count). The highest BCUT2D eigenvalue weighted by Crippen LogP contribution is 2.35. The third-order valence-electron chi connectivity index (χ3n) is 2.75. The van der Waals surface area contributed by atoms with Gasteiger partial charge in [0.15, 0.2) is 0 Å². The molecule has 0 aliphatic carbocycles. The summed E-state index contributed by atoms with van der Waals surface area (Å²) in [5.74, 6) is 2.13. The van der Waals surface area contributed by atoms with E-state index in [1.54, 1.807) is 20.3 Å². The minimum atomic E-state index is 0.557. The van der Waals surface area contributed by atoms with Gasteiger partial charge in [-0.25, -0.2) is 0 Å². The molecule has 1 aromatic carbocycles. The van der Waals surface area contributed by atoms with Gasteiger partial charge in [0.2, 0.25) is 0 Å². The van der Waals surface area contributed by atoms with Crippen LogP contribution in [0.4, 0.5) is 5.69 Å². The van der Waals surface area contributed by atoms with Gasteiger partial charge in [0, 0.05) is 18.7 Å². The van der Waals surface area contributed by atoms with Crippen LogP contribution in [0, 0.1) is 5.92 Å². The molecule has 1 aromatic rings. The average molecular weight is 272 g/mol. The molecule has 1 N–H and O–H groups in total. The molecule has 0 atom stereocenters. The Morgan fingerprint density at radius 3 is 2.39 bits per heavy atom. The van der Waals surface area contributed by atoms with E-state index < -0.39 is 0 Å². The van der Waals surface area contributed by atoms with E-state index in [2.05, 4.69) is 19.2 Å². The lowest BCUT2D eigenvalue weighted by Gasteiger charge is -2.14. The predicted molar refractivity (Wildman–Crippen MR) is 77.1 cm³/mol. The van der Waals surface area contributed by atoms with Crippen LogP contribution in [0.25, 0.3) is 0 Å². The molecule has 0 saturated carbocycles. The molecular weight excluding hydrogens is 250 g/mol. The number of nitrogens with one attached hydrogen (secondary N) is 1. The van der Waals surface area contributed by atoms with Gasteiger partial charge >= 0.3 is 0 Å². The SMILES string of the molecule is COc1cc(NCCCC(C)C)c(OC)cc1Cl. The molecule has 0 bridgehead atoms. The first-order valence-electron chi connectivity index (χ1n) is 6.23. The van der Waals surface area contributed by atoms with Crippen molar-refractivity contribution in [3.63, 3.8) is 0 Å². The zero-order chi connectivity index (χ0) is 13.5. The molecule has 0 spiro atoms. The maximum Gasteiger partial charge on any atom is 0.143 e. The van der Waals surface area contributed by atoms with E-state index in [0.717, 1.165) is 30.3 Å². The average Bonchev–Trinajstić information content (AvgIpc) is 2.35. The van der Waals surface area contributed by atoms with Crippen LogP contribution in [0.2, 0.25) is 5.02 Å². The first-order valence-corrected chi connectivity index (χ1v) is 6.61. The quantitative estimate of drug-likeness (QED) is 0.754. The Hall–Kier alpha value is -1.09. The number of methoxy groups -OCH3 is 2. The van der Waals surface area contributed by atoms with Gasteiger partial charge in [0.25, 0.3) is 0 Å². The number of anilines is 1. The molecule has 0 radical (unpaired) electrons. The molecule has 0 amide bonds. The Morgan fingerprint density at radius 1 is 1.17 bits per heavy atom. The van der Waals surface area contributed by atoms with E-state index in [0.29, 0.717) is 10.8 Å². The lowest BCUT2D eigenvalue weighted by Crippen LogP contribution is -2.05. The highest BCUT2D eigenvalue weighted by molar-refractivity contribution is 6.32.